The van der Waals surface area contributed by atoms with Crippen LogP contribution in [0.25, 0.3) is 0 Å². The molecule has 0 unspecified atom stereocenters. The van der Waals surface area contributed by atoms with E-state index < -0.39 is 6.10 Å². The van der Waals surface area contributed by atoms with Crippen molar-refractivity contribution in [1.82, 2.24) is 5.43 Å². The maximum atomic E-state index is 12.1. The molecule has 1 atom stereocenters. The van der Waals surface area contributed by atoms with Gasteiger partial charge in [-0.25, -0.2) is 5.43 Å². The van der Waals surface area contributed by atoms with Gasteiger partial charge in [0.1, 0.15) is 5.75 Å². The molecule has 0 bridgehead atoms. The highest BCUT2D eigenvalue weighted by Gasteiger charge is 2.14. The molecule has 26 heavy (non-hydrogen) atoms. The van der Waals surface area contributed by atoms with Gasteiger partial charge in [0.2, 0.25) is 0 Å². The highest BCUT2D eigenvalue weighted by atomic mass is 16.5. The first-order valence-corrected chi connectivity index (χ1v) is 8.10. The van der Waals surface area contributed by atoms with E-state index in [1.54, 1.807) is 37.3 Å². The molecule has 6 nitrogen and oxygen atoms in total. The van der Waals surface area contributed by atoms with Gasteiger partial charge in [-0.05, 0) is 43.2 Å². The minimum atomic E-state index is -0.694. The van der Waals surface area contributed by atoms with Crippen LogP contribution in [0, 0.1) is 0 Å². The van der Waals surface area contributed by atoms with Gasteiger partial charge in [-0.15, -0.1) is 6.58 Å². The molecule has 0 fully saturated rings. The lowest BCUT2D eigenvalue weighted by molar-refractivity contribution is -0.127. The highest BCUT2D eigenvalue weighted by molar-refractivity contribution is 5.85. The van der Waals surface area contributed by atoms with Gasteiger partial charge in [0.05, 0.1) is 13.3 Å². The summed E-state index contributed by atoms with van der Waals surface area (Å²) < 4.78 is 10.7. The number of carbonyl (C=O) groups is 1. The summed E-state index contributed by atoms with van der Waals surface area (Å²) in [6.45, 7) is 5.31. The van der Waals surface area contributed by atoms with Crippen LogP contribution in [0.2, 0.25) is 0 Å². The fraction of sp³-hybridized carbons (Fsp3) is 0.200. The van der Waals surface area contributed by atoms with Crippen molar-refractivity contribution in [3.8, 4) is 17.2 Å². The van der Waals surface area contributed by atoms with Gasteiger partial charge in [0.15, 0.2) is 17.6 Å². The Bertz CT molecular complexity index is 788. The van der Waals surface area contributed by atoms with Crippen LogP contribution in [0.5, 0.6) is 17.2 Å². The molecule has 0 aliphatic heterocycles. The third-order valence-electron chi connectivity index (χ3n) is 3.57. The van der Waals surface area contributed by atoms with Crippen molar-refractivity contribution < 1.29 is 19.4 Å². The second kappa shape index (κ2) is 9.27. The molecule has 0 saturated carbocycles. The molecule has 6 heteroatoms. The van der Waals surface area contributed by atoms with Gasteiger partial charge in [0, 0.05) is 5.56 Å². The Morgan fingerprint density at radius 1 is 1.35 bits per heavy atom. The summed E-state index contributed by atoms with van der Waals surface area (Å²) in [7, 11) is 1.47. The predicted octanol–water partition coefficient (Wildman–Crippen LogP) is 3.05. The molecule has 1 amide bonds. The minimum Gasteiger partial charge on any atom is -0.504 e. The van der Waals surface area contributed by atoms with Crippen LogP contribution >= 0.6 is 0 Å². The van der Waals surface area contributed by atoms with Crippen LogP contribution in [0.1, 0.15) is 18.1 Å². The van der Waals surface area contributed by atoms with Gasteiger partial charge in [-0.2, -0.15) is 5.10 Å². The van der Waals surface area contributed by atoms with Gasteiger partial charge in [0.25, 0.3) is 5.91 Å². The lowest BCUT2D eigenvalue weighted by atomic mass is 10.1. The number of aromatic hydroxyl groups is 1. The van der Waals surface area contributed by atoms with Crippen molar-refractivity contribution in [2.75, 3.05) is 7.11 Å². The number of methoxy groups -OCH3 is 1. The fourth-order valence-corrected chi connectivity index (χ4v) is 2.25. The van der Waals surface area contributed by atoms with Crippen LogP contribution in [0.3, 0.4) is 0 Å². The zero-order valence-electron chi connectivity index (χ0n) is 14.8. The normalized spacial score (nSPS) is 11.8. The summed E-state index contributed by atoms with van der Waals surface area (Å²) in [4.78, 5) is 12.1. The minimum absolute atomic E-state index is 0.0680. The molecule has 0 aliphatic carbocycles. The Balaban J connectivity index is 2.01. The topological polar surface area (TPSA) is 80.2 Å². The van der Waals surface area contributed by atoms with Crippen molar-refractivity contribution in [2.24, 2.45) is 5.10 Å². The number of carbonyl (C=O) groups excluding carboxylic acids is 1. The second-order valence-corrected chi connectivity index (χ2v) is 5.53. The number of hydrogen-bond acceptors (Lipinski definition) is 5. The summed E-state index contributed by atoms with van der Waals surface area (Å²) in [5, 5.41) is 14.0. The van der Waals surface area contributed by atoms with E-state index in [-0.39, 0.29) is 11.7 Å². The largest absolute Gasteiger partial charge is 0.504 e. The van der Waals surface area contributed by atoms with E-state index in [1.807, 2.05) is 18.2 Å². The second-order valence-electron chi connectivity index (χ2n) is 5.53. The van der Waals surface area contributed by atoms with E-state index in [9.17, 15) is 9.90 Å². The Hall–Kier alpha value is -3.28. The lowest BCUT2D eigenvalue weighted by Gasteiger charge is -2.12. The Kier molecular flexibility index (Phi) is 6.79. The van der Waals surface area contributed by atoms with Crippen molar-refractivity contribution in [3.05, 3.63) is 66.2 Å². The third kappa shape index (κ3) is 5.11. The summed E-state index contributed by atoms with van der Waals surface area (Å²) in [5.41, 5.74) is 3.77. The molecule has 2 N–H and O–H groups in total. The molecular formula is C20H22N2O4. The highest BCUT2D eigenvalue weighted by Crippen LogP contribution is 2.31. The van der Waals surface area contributed by atoms with Crippen LogP contribution in [0.4, 0.5) is 0 Å². The quantitative estimate of drug-likeness (QED) is 0.434. The molecule has 0 radical (unpaired) electrons. The first-order valence-electron chi connectivity index (χ1n) is 8.10. The maximum Gasteiger partial charge on any atom is 0.280 e. The number of hydrogen-bond donors (Lipinski definition) is 2. The number of hydrazone groups is 1. The fourth-order valence-electron chi connectivity index (χ4n) is 2.25. The zero-order valence-corrected chi connectivity index (χ0v) is 14.8. The number of nitrogens with one attached hydrogen (secondary N) is 1. The van der Waals surface area contributed by atoms with Crippen LogP contribution in [-0.2, 0) is 11.2 Å². The van der Waals surface area contributed by atoms with E-state index in [0.717, 1.165) is 0 Å². The Morgan fingerprint density at radius 2 is 2.08 bits per heavy atom. The first-order chi connectivity index (χ1) is 12.5. The van der Waals surface area contributed by atoms with Gasteiger partial charge >= 0.3 is 0 Å². The molecule has 0 aromatic heterocycles. The summed E-state index contributed by atoms with van der Waals surface area (Å²) in [6, 6.07) is 12.5. The average Bonchev–Trinajstić information content (AvgIpc) is 2.65. The third-order valence-corrected chi connectivity index (χ3v) is 3.57. The number of amides is 1. The number of para-hydroxylation sites is 1. The summed E-state index contributed by atoms with van der Waals surface area (Å²) in [5.74, 6) is 0.634. The van der Waals surface area contributed by atoms with Gasteiger partial charge < -0.3 is 14.6 Å². The molecule has 0 aliphatic rings. The number of rotatable bonds is 8. The van der Waals surface area contributed by atoms with Crippen LogP contribution in [0.15, 0.2) is 60.2 Å². The monoisotopic (exact) mass is 354 g/mol. The van der Waals surface area contributed by atoms with E-state index in [0.29, 0.717) is 29.0 Å². The number of phenolic OH excluding ortho intramolecular Hbond substituents is 1. The molecule has 136 valence electrons. The number of ether oxygens (including phenoxy) is 2. The SMILES string of the molecule is C=CCc1cc(/C=N/NC(=O)[C@H](C)Oc2ccccc2)cc(OC)c1O. The smallest absolute Gasteiger partial charge is 0.280 e. The van der Waals surface area contributed by atoms with Crippen LogP contribution in [-0.4, -0.2) is 30.4 Å². The zero-order chi connectivity index (χ0) is 18.9. The van der Waals surface area contributed by atoms with E-state index in [2.05, 4.69) is 17.1 Å². The maximum absolute atomic E-state index is 12.1. The number of benzene rings is 2. The molecular weight excluding hydrogens is 332 g/mol. The molecule has 2 rings (SSSR count). The van der Waals surface area contributed by atoms with Crippen molar-refractivity contribution in [1.29, 1.82) is 0 Å². The van der Waals surface area contributed by atoms with Gasteiger partial charge in [-0.1, -0.05) is 24.3 Å². The molecule has 0 spiro atoms. The summed E-state index contributed by atoms with van der Waals surface area (Å²) in [6.07, 6.45) is 2.94. The van der Waals surface area contributed by atoms with Crippen molar-refractivity contribution in [3.63, 3.8) is 0 Å². The number of allylic oxidation sites excluding steroid dienone is 1. The molecule has 2 aromatic carbocycles. The van der Waals surface area contributed by atoms with Crippen molar-refractivity contribution >= 4 is 12.1 Å². The first kappa shape index (κ1) is 19.1. The molecule has 0 saturated heterocycles. The average molecular weight is 354 g/mol. The standard InChI is InChI=1S/C20H22N2O4/c1-4-8-16-11-15(12-18(25-3)19(16)23)13-21-22-20(24)14(2)26-17-9-6-5-7-10-17/h4-7,9-14,23H,1,8H2,2-3H3,(H,22,24)/b21-13+/t14-/m0/s1. The van der Waals surface area contributed by atoms with E-state index in [1.165, 1.54) is 13.3 Å². The Labute approximate surface area is 152 Å². The molecule has 2 aromatic rings. The molecule has 0 heterocycles. The lowest BCUT2D eigenvalue weighted by Crippen LogP contribution is -2.33. The van der Waals surface area contributed by atoms with Crippen LogP contribution < -0.4 is 14.9 Å². The number of phenols is 1. The predicted molar refractivity (Wildman–Crippen MR) is 101 cm³/mol. The van der Waals surface area contributed by atoms with E-state index >= 15 is 0 Å². The van der Waals surface area contributed by atoms with Gasteiger partial charge in [-0.3, -0.25) is 4.79 Å². The number of nitrogens with zero attached hydrogens (tertiary/aromatic N) is 1. The summed E-state index contributed by atoms with van der Waals surface area (Å²) >= 11 is 0. The van der Waals surface area contributed by atoms with Crippen molar-refractivity contribution in [2.45, 2.75) is 19.4 Å². The Morgan fingerprint density at radius 3 is 2.73 bits per heavy atom. The van der Waals surface area contributed by atoms with E-state index in [4.69, 9.17) is 9.47 Å².